The smallest absolute Gasteiger partial charge is 0.220 e. The van der Waals surface area contributed by atoms with Gasteiger partial charge < -0.3 is 15.7 Å². The predicted octanol–water partition coefficient (Wildman–Crippen LogP) is 0.0172. The van der Waals surface area contributed by atoms with E-state index in [2.05, 4.69) is 10.6 Å². The maximum Gasteiger partial charge on any atom is 0.220 e. The van der Waals surface area contributed by atoms with Crippen LogP contribution in [0.1, 0.15) is 32.1 Å². The summed E-state index contributed by atoms with van der Waals surface area (Å²) in [5.41, 5.74) is 0. The predicted molar refractivity (Wildman–Crippen MR) is 55.0 cm³/mol. The molecule has 0 aliphatic carbocycles. The topological polar surface area (TPSA) is 61.4 Å². The third-order valence-corrected chi connectivity index (χ3v) is 2.55. The highest BCUT2D eigenvalue weighted by molar-refractivity contribution is 5.75. The van der Waals surface area contributed by atoms with Crippen LogP contribution in [0.5, 0.6) is 0 Å². The van der Waals surface area contributed by atoms with Crippen molar-refractivity contribution < 1.29 is 9.90 Å². The van der Waals surface area contributed by atoms with Crippen LogP contribution in [0.4, 0.5) is 0 Å². The number of aliphatic hydroxyl groups excluding tert-OH is 1. The van der Waals surface area contributed by atoms with Gasteiger partial charge in [0.2, 0.25) is 5.91 Å². The number of rotatable bonds is 6. The lowest BCUT2D eigenvalue weighted by atomic mass is 10.1. The van der Waals surface area contributed by atoms with Crippen LogP contribution in [0.3, 0.4) is 0 Å². The molecule has 0 spiro atoms. The Hall–Kier alpha value is -0.610. The number of carbonyl (C=O) groups is 1. The van der Waals surface area contributed by atoms with Crippen LogP contribution in [0.2, 0.25) is 0 Å². The van der Waals surface area contributed by atoms with Crippen LogP contribution in [0.25, 0.3) is 0 Å². The van der Waals surface area contributed by atoms with Gasteiger partial charge in [0.1, 0.15) is 0 Å². The van der Waals surface area contributed by atoms with Gasteiger partial charge in [-0.25, -0.2) is 0 Å². The van der Waals surface area contributed by atoms with Gasteiger partial charge in [-0.15, -0.1) is 0 Å². The first-order chi connectivity index (χ1) is 6.83. The van der Waals surface area contributed by atoms with E-state index in [0.717, 1.165) is 19.4 Å². The van der Waals surface area contributed by atoms with Crippen molar-refractivity contribution in [1.29, 1.82) is 0 Å². The molecule has 0 radical (unpaired) electrons. The molecule has 1 rings (SSSR count). The highest BCUT2D eigenvalue weighted by atomic mass is 16.3. The maximum atomic E-state index is 11.1. The second kappa shape index (κ2) is 6.79. The van der Waals surface area contributed by atoms with Crippen molar-refractivity contribution in [3.8, 4) is 0 Å². The third-order valence-electron chi connectivity index (χ3n) is 2.55. The summed E-state index contributed by atoms with van der Waals surface area (Å²) < 4.78 is 0. The fraction of sp³-hybridized carbons (Fsp3) is 0.900. The van der Waals surface area contributed by atoms with Gasteiger partial charge in [-0.2, -0.15) is 0 Å². The van der Waals surface area contributed by atoms with Gasteiger partial charge in [0.25, 0.3) is 0 Å². The molecule has 1 unspecified atom stereocenters. The van der Waals surface area contributed by atoms with Gasteiger partial charge in [-0.3, -0.25) is 4.79 Å². The largest absolute Gasteiger partial charge is 0.395 e. The molecule has 1 heterocycles. The fourth-order valence-electron chi connectivity index (χ4n) is 1.80. The standard InChI is InChI=1S/C10H20N2O2/c13-8-7-12-10(14)5-1-3-9-4-2-6-11-9/h9,11,13H,1-8H2,(H,12,14). The van der Waals surface area contributed by atoms with E-state index in [1.807, 2.05) is 0 Å². The third kappa shape index (κ3) is 4.58. The minimum atomic E-state index is 0.0237. The molecule has 0 saturated carbocycles. The van der Waals surface area contributed by atoms with E-state index in [1.54, 1.807) is 0 Å². The molecule has 1 atom stereocenters. The van der Waals surface area contributed by atoms with Gasteiger partial charge in [-0.05, 0) is 32.2 Å². The summed E-state index contributed by atoms with van der Waals surface area (Å²) >= 11 is 0. The lowest BCUT2D eigenvalue weighted by Crippen LogP contribution is -2.27. The van der Waals surface area contributed by atoms with Gasteiger partial charge in [-0.1, -0.05) is 0 Å². The van der Waals surface area contributed by atoms with Crippen molar-refractivity contribution >= 4 is 5.91 Å². The number of hydrogen-bond donors (Lipinski definition) is 3. The molecule has 1 aliphatic heterocycles. The Balaban J connectivity index is 1.94. The van der Waals surface area contributed by atoms with E-state index in [0.29, 0.717) is 19.0 Å². The van der Waals surface area contributed by atoms with E-state index in [4.69, 9.17) is 5.11 Å². The summed E-state index contributed by atoms with van der Waals surface area (Å²) in [6.45, 7) is 1.53. The van der Waals surface area contributed by atoms with Crippen LogP contribution in [0, 0.1) is 0 Å². The second-order valence-electron chi connectivity index (χ2n) is 3.76. The molecular weight excluding hydrogens is 180 g/mol. The lowest BCUT2D eigenvalue weighted by Gasteiger charge is -2.09. The van der Waals surface area contributed by atoms with Crippen molar-refractivity contribution in [3.63, 3.8) is 0 Å². The quantitative estimate of drug-likeness (QED) is 0.566. The zero-order valence-electron chi connectivity index (χ0n) is 8.59. The summed E-state index contributed by atoms with van der Waals surface area (Å²) in [7, 11) is 0. The molecule has 4 nitrogen and oxygen atoms in total. The van der Waals surface area contributed by atoms with Crippen molar-refractivity contribution in [1.82, 2.24) is 10.6 Å². The van der Waals surface area contributed by atoms with Crippen LogP contribution >= 0.6 is 0 Å². The first-order valence-corrected chi connectivity index (χ1v) is 5.44. The van der Waals surface area contributed by atoms with E-state index >= 15 is 0 Å². The van der Waals surface area contributed by atoms with Crippen LogP contribution < -0.4 is 10.6 Å². The minimum absolute atomic E-state index is 0.0237. The molecule has 4 heteroatoms. The van der Waals surface area contributed by atoms with Gasteiger partial charge >= 0.3 is 0 Å². The number of nitrogens with one attached hydrogen (secondary N) is 2. The SMILES string of the molecule is O=C(CCCC1CCCN1)NCCO. The average molecular weight is 200 g/mol. The number of amides is 1. The molecular formula is C10H20N2O2. The Morgan fingerprint density at radius 3 is 3.07 bits per heavy atom. The molecule has 3 N–H and O–H groups in total. The molecule has 82 valence electrons. The summed E-state index contributed by atoms with van der Waals surface area (Å²) in [6.07, 6.45) is 5.12. The lowest BCUT2D eigenvalue weighted by molar-refractivity contribution is -0.121. The Morgan fingerprint density at radius 2 is 2.43 bits per heavy atom. The van der Waals surface area contributed by atoms with Crippen molar-refractivity contribution in [2.45, 2.75) is 38.1 Å². The summed E-state index contributed by atoms with van der Waals surface area (Å²) in [5.74, 6) is 0.0528. The fourth-order valence-corrected chi connectivity index (χ4v) is 1.80. The normalized spacial score (nSPS) is 21.1. The van der Waals surface area contributed by atoms with E-state index < -0.39 is 0 Å². The maximum absolute atomic E-state index is 11.1. The van der Waals surface area contributed by atoms with Crippen molar-refractivity contribution in [3.05, 3.63) is 0 Å². The Kier molecular flexibility index (Phi) is 5.56. The molecule has 0 bridgehead atoms. The number of hydrogen-bond acceptors (Lipinski definition) is 3. The first-order valence-electron chi connectivity index (χ1n) is 5.44. The Labute approximate surface area is 85.1 Å². The second-order valence-corrected chi connectivity index (χ2v) is 3.76. The first kappa shape index (κ1) is 11.5. The monoisotopic (exact) mass is 200 g/mol. The zero-order chi connectivity index (χ0) is 10.2. The van der Waals surface area contributed by atoms with Gasteiger partial charge in [0.15, 0.2) is 0 Å². The number of carbonyl (C=O) groups excluding carboxylic acids is 1. The zero-order valence-corrected chi connectivity index (χ0v) is 8.59. The average Bonchev–Trinajstić information content (AvgIpc) is 2.67. The molecule has 1 saturated heterocycles. The van der Waals surface area contributed by atoms with E-state index in [1.165, 1.54) is 12.8 Å². The van der Waals surface area contributed by atoms with Crippen molar-refractivity contribution in [2.24, 2.45) is 0 Å². The molecule has 1 amide bonds. The van der Waals surface area contributed by atoms with Crippen LogP contribution in [0.15, 0.2) is 0 Å². The van der Waals surface area contributed by atoms with Crippen LogP contribution in [-0.4, -0.2) is 36.8 Å². The molecule has 1 aliphatic rings. The van der Waals surface area contributed by atoms with Crippen molar-refractivity contribution in [2.75, 3.05) is 19.7 Å². The van der Waals surface area contributed by atoms with Crippen LogP contribution in [-0.2, 0) is 4.79 Å². The summed E-state index contributed by atoms with van der Waals surface area (Å²) in [4.78, 5) is 11.1. The highest BCUT2D eigenvalue weighted by Gasteiger charge is 2.13. The molecule has 14 heavy (non-hydrogen) atoms. The van der Waals surface area contributed by atoms with Gasteiger partial charge in [0.05, 0.1) is 6.61 Å². The van der Waals surface area contributed by atoms with E-state index in [-0.39, 0.29) is 12.5 Å². The molecule has 0 aromatic rings. The molecule has 1 fully saturated rings. The number of aliphatic hydroxyl groups is 1. The Bertz CT molecular complexity index is 168. The Morgan fingerprint density at radius 1 is 1.57 bits per heavy atom. The summed E-state index contributed by atoms with van der Waals surface area (Å²) in [5, 5.41) is 14.5. The summed E-state index contributed by atoms with van der Waals surface area (Å²) in [6, 6.07) is 0.626. The van der Waals surface area contributed by atoms with E-state index in [9.17, 15) is 4.79 Å². The molecule has 0 aromatic carbocycles. The minimum Gasteiger partial charge on any atom is -0.395 e. The molecule has 0 aromatic heterocycles. The highest BCUT2D eigenvalue weighted by Crippen LogP contribution is 2.11. The van der Waals surface area contributed by atoms with Gasteiger partial charge in [0, 0.05) is 19.0 Å².